The number of allylic oxidation sites excluding steroid dienone is 1. The van der Waals surface area contributed by atoms with Crippen LogP contribution in [0.15, 0.2) is 12.2 Å². The molecule has 0 rings (SSSR count). The van der Waals surface area contributed by atoms with Crippen molar-refractivity contribution in [3.63, 3.8) is 0 Å². The lowest BCUT2D eigenvalue weighted by Crippen LogP contribution is -2.02. The Morgan fingerprint density at radius 3 is 1.83 bits per heavy atom. The van der Waals surface area contributed by atoms with Crippen LogP contribution in [0, 0.1) is 5.92 Å². The minimum atomic E-state index is 0.806. The van der Waals surface area contributed by atoms with Crippen LogP contribution in [0.2, 0.25) is 0 Å². The number of hydrogen-bond acceptors (Lipinski definition) is 0. The average Bonchev–Trinajstić information content (AvgIpc) is 2.04. The molecule has 12 heavy (non-hydrogen) atoms. The molecule has 0 radical (unpaired) electrons. The molecule has 0 aliphatic carbocycles. The van der Waals surface area contributed by atoms with Crippen molar-refractivity contribution in [3.05, 3.63) is 12.2 Å². The van der Waals surface area contributed by atoms with Gasteiger partial charge >= 0.3 is 0 Å². The molecular weight excluding hydrogens is 144 g/mol. The van der Waals surface area contributed by atoms with E-state index in [1.165, 1.54) is 44.1 Å². The van der Waals surface area contributed by atoms with Gasteiger partial charge in [-0.1, -0.05) is 52.2 Å². The molecule has 0 fully saturated rings. The Balaban J connectivity index is 3.81. The van der Waals surface area contributed by atoms with E-state index in [9.17, 15) is 0 Å². The van der Waals surface area contributed by atoms with E-state index >= 15 is 0 Å². The molecule has 0 aromatic heterocycles. The van der Waals surface area contributed by atoms with Gasteiger partial charge < -0.3 is 0 Å². The summed E-state index contributed by atoms with van der Waals surface area (Å²) in [6, 6.07) is 0. The highest BCUT2D eigenvalue weighted by atomic mass is 14.1. The molecule has 0 unspecified atom stereocenters. The molecule has 72 valence electrons. The summed E-state index contributed by atoms with van der Waals surface area (Å²) in [6.45, 7) is 10.9. The van der Waals surface area contributed by atoms with E-state index in [1.54, 1.807) is 0 Å². The van der Waals surface area contributed by atoms with Crippen molar-refractivity contribution in [1.82, 2.24) is 0 Å². The lowest BCUT2D eigenvalue weighted by atomic mass is 9.89. The second-order valence-corrected chi connectivity index (χ2v) is 3.68. The van der Waals surface area contributed by atoms with Gasteiger partial charge in [-0.25, -0.2) is 0 Å². The molecule has 0 nitrogen and oxygen atoms in total. The first kappa shape index (κ1) is 11.7. The van der Waals surface area contributed by atoms with Crippen LogP contribution in [0.3, 0.4) is 0 Å². The third-order valence-corrected chi connectivity index (χ3v) is 2.42. The Labute approximate surface area is 78.1 Å². The molecule has 0 heterocycles. The molecule has 0 saturated heterocycles. The Hall–Kier alpha value is -0.260. The second-order valence-electron chi connectivity index (χ2n) is 3.68. The highest BCUT2D eigenvalue weighted by molar-refractivity contribution is 4.99. The van der Waals surface area contributed by atoms with E-state index in [4.69, 9.17) is 0 Å². The zero-order valence-electron chi connectivity index (χ0n) is 9.03. The van der Waals surface area contributed by atoms with Gasteiger partial charge in [0.1, 0.15) is 0 Å². The molecule has 0 saturated carbocycles. The van der Waals surface area contributed by atoms with Crippen LogP contribution < -0.4 is 0 Å². The van der Waals surface area contributed by atoms with Gasteiger partial charge in [0.2, 0.25) is 0 Å². The summed E-state index contributed by atoms with van der Waals surface area (Å²) in [6.07, 6.45) is 7.76. The normalized spacial score (nSPS) is 10.7. The molecule has 0 bridgehead atoms. The number of rotatable bonds is 7. The predicted octanol–water partition coefficient (Wildman–Crippen LogP) is 4.56. The summed E-state index contributed by atoms with van der Waals surface area (Å²) in [5.41, 5.74) is 1.49. The molecule has 0 aromatic carbocycles. The van der Waals surface area contributed by atoms with Gasteiger partial charge in [0.05, 0.1) is 0 Å². The monoisotopic (exact) mass is 168 g/mol. The maximum Gasteiger partial charge on any atom is -0.0206 e. The van der Waals surface area contributed by atoms with Crippen molar-refractivity contribution in [2.75, 3.05) is 0 Å². The molecular formula is C12H24. The number of hydrogen-bond donors (Lipinski definition) is 0. The molecule has 0 aliphatic rings. The van der Waals surface area contributed by atoms with E-state index in [-0.39, 0.29) is 0 Å². The minimum Gasteiger partial charge on any atom is -0.0996 e. The van der Waals surface area contributed by atoms with E-state index in [0.717, 1.165) is 5.92 Å². The lowest BCUT2D eigenvalue weighted by Gasteiger charge is -2.17. The van der Waals surface area contributed by atoms with Gasteiger partial charge in [-0.3, -0.25) is 0 Å². The summed E-state index contributed by atoms with van der Waals surface area (Å²) in [7, 11) is 0. The van der Waals surface area contributed by atoms with Crippen LogP contribution in [-0.4, -0.2) is 0 Å². The Morgan fingerprint density at radius 2 is 1.50 bits per heavy atom. The fraction of sp³-hybridized carbons (Fsp3) is 0.833. The quantitative estimate of drug-likeness (QED) is 0.489. The van der Waals surface area contributed by atoms with Crippen LogP contribution in [0.25, 0.3) is 0 Å². The maximum atomic E-state index is 4.18. The zero-order valence-corrected chi connectivity index (χ0v) is 9.03. The third kappa shape index (κ3) is 4.58. The summed E-state index contributed by atoms with van der Waals surface area (Å²) >= 11 is 0. The van der Waals surface area contributed by atoms with Crippen molar-refractivity contribution in [3.8, 4) is 0 Å². The fourth-order valence-electron chi connectivity index (χ4n) is 1.77. The van der Waals surface area contributed by atoms with Crippen molar-refractivity contribution in [1.29, 1.82) is 0 Å². The van der Waals surface area contributed by atoms with Crippen molar-refractivity contribution in [2.24, 2.45) is 5.92 Å². The van der Waals surface area contributed by atoms with Gasteiger partial charge in [0.25, 0.3) is 0 Å². The Kier molecular flexibility index (Phi) is 7.23. The predicted molar refractivity (Wildman–Crippen MR) is 57.4 cm³/mol. The van der Waals surface area contributed by atoms with E-state index < -0.39 is 0 Å². The van der Waals surface area contributed by atoms with Crippen LogP contribution >= 0.6 is 0 Å². The highest BCUT2D eigenvalue weighted by Gasteiger charge is 2.09. The molecule has 0 heteroatoms. The van der Waals surface area contributed by atoms with Gasteiger partial charge in [-0.15, -0.1) is 0 Å². The van der Waals surface area contributed by atoms with Crippen LogP contribution in [0.4, 0.5) is 0 Å². The van der Waals surface area contributed by atoms with Crippen molar-refractivity contribution in [2.45, 2.75) is 59.3 Å². The van der Waals surface area contributed by atoms with Crippen molar-refractivity contribution < 1.29 is 0 Å². The molecule has 0 aliphatic heterocycles. The standard InChI is InChI=1S/C12H24/c1-5-8-11(4)12(9-6-2)10-7-3/h12H,4-10H2,1-3H3. The largest absolute Gasteiger partial charge is 0.0996 e. The van der Waals surface area contributed by atoms with Crippen LogP contribution in [0.1, 0.15) is 59.3 Å². The first-order chi connectivity index (χ1) is 5.76. The van der Waals surface area contributed by atoms with Crippen LogP contribution in [-0.2, 0) is 0 Å². The summed E-state index contributed by atoms with van der Waals surface area (Å²) in [5.74, 6) is 0.806. The Bertz CT molecular complexity index is 107. The minimum absolute atomic E-state index is 0.806. The molecule has 0 spiro atoms. The van der Waals surface area contributed by atoms with Gasteiger partial charge in [-0.2, -0.15) is 0 Å². The van der Waals surface area contributed by atoms with Gasteiger partial charge in [0.15, 0.2) is 0 Å². The summed E-state index contributed by atoms with van der Waals surface area (Å²) < 4.78 is 0. The average molecular weight is 168 g/mol. The molecule has 0 amide bonds. The molecule has 0 N–H and O–H groups in total. The van der Waals surface area contributed by atoms with E-state index in [0.29, 0.717) is 0 Å². The lowest BCUT2D eigenvalue weighted by molar-refractivity contribution is 0.489. The molecule has 0 atom stereocenters. The van der Waals surface area contributed by atoms with Gasteiger partial charge in [0, 0.05) is 0 Å². The van der Waals surface area contributed by atoms with Crippen molar-refractivity contribution >= 4 is 0 Å². The molecule has 0 aromatic rings. The first-order valence-electron chi connectivity index (χ1n) is 5.43. The smallest absolute Gasteiger partial charge is 0.0206 e. The highest BCUT2D eigenvalue weighted by Crippen LogP contribution is 2.24. The zero-order chi connectivity index (χ0) is 9.40. The second kappa shape index (κ2) is 7.39. The SMILES string of the molecule is C=C(CCC)C(CCC)CCC. The van der Waals surface area contributed by atoms with E-state index in [1.807, 2.05) is 0 Å². The Morgan fingerprint density at radius 1 is 1.00 bits per heavy atom. The van der Waals surface area contributed by atoms with Gasteiger partial charge in [-0.05, 0) is 25.2 Å². The third-order valence-electron chi connectivity index (χ3n) is 2.42. The van der Waals surface area contributed by atoms with Crippen LogP contribution in [0.5, 0.6) is 0 Å². The maximum absolute atomic E-state index is 4.18. The summed E-state index contributed by atoms with van der Waals surface area (Å²) in [5, 5.41) is 0. The summed E-state index contributed by atoms with van der Waals surface area (Å²) in [4.78, 5) is 0. The fourth-order valence-corrected chi connectivity index (χ4v) is 1.77. The topological polar surface area (TPSA) is 0 Å². The first-order valence-corrected chi connectivity index (χ1v) is 5.43. The van der Waals surface area contributed by atoms with E-state index in [2.05, 4.69) is 27.4 Å².